The van der Waals surface area contributed by atoms with Crippen molar-refractivity contribution in [3.8, 4) is 0 Å². The van der Waals surface area contributed by atoms with Gasteiger partial charge in [0.05, 0.1) is 6.04 Å². The fourth-order valence-electron chi connectivity index (χ4n) is 5.55. The Morgan fingerprint density at radius 2 is 1.68 bits per heavy atom. The van der Waals surface area contributed by atoms with Gasteiger partial charge >= 0.3 is 6.03 Å². The molecule has 7 heteroatoms. The molecule has 37 heavy (non-hydrogen) atoms. The number of imide groups is 1. The molecule has 1 spiro atoms. The standard InChI is InChI=1S/C30H32N4O3/c1-33(25-15-6-3-7-16-25)20-24(19-22-11-4-2-5-12-22)31-27(35)21-34-28(36)30(32-29(34)37)18-10-14-23-13-8-9-17-26(23)30/h2-9,11-13,15-17,24H,10,14,18-21H2,1H3,(H,31,35)(H,32,37)/t24-,30?/m0/s1. The van der Waals surface area contributed by atoms with Crippen LogP contribution >= 0.6 is 0 Å². The number of carbonyl (C=O) groups excluding carboxylic acids is 3. The molecule has 2 aliphatic rings. The molecule has 2 N–H and O–H groups in total. The predicted molar refractivity (Wildman–Crippen MR) is 143 cm³/mol. The summed E-state index contributed by atoms with van der Waals surface area (Å²) in [6, 6.07) is 27.0. The lowest BCUT2D eigenvalue weighted by Crippen LogP contribution is -2.49. The number of nitrogens with one attached hydrogen (secondary N) is 2. The normalized spacial score (nSPS) is 19.3. The number of anilines is 1. The summed E-state index contributed by atoms with van der Waals surface area (Å²) >= 11 is 0. The molecule has 5 rings (SSSR count). The van der Waals surface area contributed by atoms with E-state index in [9.17, 15) is 14.4 Å². The minimum Gasteiger partial charge on any atom is -0.373 e. The maximum Gasteiger partial charge on any atom is 0.325 e. The van der Waals surface area contributed by atoms with E-state index >= 15 is 0 Å². The van der Waals surface area contributed by atoms with Gasteiger partial charge in [-0.2, -0.15) is 0 Å². The summed E-state index contributed by atoms with van der Waals surface area (Å²) in [7, 11) is 1.99. The molecule has 190 valence electrons. The Morgan fingerprint density at radius 3 is 2.43 bits per heavy atom. The first-order valence-corrected chi connectivity index (χ1v) is 12.8. The molecule has 3 aromatic rings. The molecule has 0 bridgehead atoms. The average molecular weight is 497 g/mol. The Labute approximate surface area is 217 Å². The zero-order chi connectivity index (χ0) is 25.8. The first-order chi connectivity index (χ1) is 18.0. The lowest BCUT2D eigenvalue weighted by atomic mass is 9.76. The van der Waals surface area contributed by atoms with E-state index in [4.69, 9.17) is 0 Å². The first kappa shape index (κ1) is 24.6. The van der Waals surface area contributed by atoms with Gasteiger partial charge in [0.2, 0.25) is 5.91 Å². The molecule has 0 saturated carbocycles. The maximum absolute atomic E-state index is 13.6. The number of nitrogens with zero attached hydrogens (tertiary/aromatic N) is 2. The molecule has 2 atom stereocenters. The number of amides is 4. The third-order valence-corrected chi connectivity index (χ3v) is 7.33. The van der Waals surface area contributed by atoms with Crippen LogP contribution in [0.1, 0.15) is 29.5 Å². The van der Waals surface area contributed by atoms with E-state index in [0.29, 0.717) is 19.4 Å². The SMILES string of the molecule is CN(C[C@H](Cc1ccccc1)NC(=O)CN1C(=O)NC2(CCCc3ccccc32)C1=O)c1ccccc1. The number of hydrogen-bond donors (Lipinski definition) is 2. The molecule has 1 saturated heterocycles. The fourth-order valence-corrected chi connectivity index (χ4v) is 5.55. The van der Waals surface area contributed by atoms with Gasteiger partial charge in [-0.15, -0.1) is 0 Å². The maximum atomic E-state index is 13.6. The largest absolute Gasteiger partial charge is 0.373 e. The summed E-state index contributed by atoms with van der Waals surface area (Å²) in [5.41, 5.74) is 2.97. The summed E-state index contributed by atoms with van der Waals surface area (Å²) in [5, 5.41) is 6.02. The van der Waals surface area contributed by atoms with Crippen LogP contribution in [0.25, 0.3) is 0 Å². The number of para-hydroxylation sites is 1. The summed E-state index contributed by atoms with van der Waals surface area (Å²) in [6.07, 6.45) is 2.83. The summed E-state index contributed by atoms with van der Waals surface area (Å²) in [5.74, 6) is -0.701. The van der Waals surface area contributed by atoms with E-state index in [-0.39, 0.29) is 24.4 Å². The molecule has 1 fully saturated rings. The number of rotatable bonds is 8. The predicted octanol–water partition coefficient (Wildman–Crippen LogP) is 3.63. The van der Waals surface area contributed by atoms with Crippen LogP contribution in [0.3, 0.4) is 0 Å². The number of aryl methyl sites for hydroxylation is 1. The minimum absolute atomic E-state index is 0.217. The lowest BCUT2D eigenvalue weighted by molar-refractivity contribution is -0.135. The highest BCUT2D eigenvalue weighted by molar-refractivity contribution is 6.09. The lowest BCUT2D eigenvalue weighted by Gasteiger charge is -2.33. The molecular formula is C30H32N4O3. The zero-order valence-electron chi connectivity index (χ0n) is 21.0. The summed E-state index contributed by atoms with van der Waals surface area (Å²) in [4.78, 5) is 42.9. The van der Waals surface area contributed by atoms with Crippen LogP contribution in [0.5, 0.6) is 0 Å². The first-order valence-electron chi connectivity index (χ1n) is 12.8. The minimum atomic E-state index is -1.08. The number of urea groups is 1. The summed E-state index contributed by atoms with van der Waals surface area (Å²) < 4.78 is 0. The quantitative estimate of drug-likeness (QED) is 0.467. The van der Waals surface area contributed by atoms with Crippen LogP contribution in [0.4, 0.5) is 10.5 Å². The number of likely N-dealkylation sites (N-methyl/N-ethyl adjacent to an activating group) is 1. The summed E-state index contributed by atoms with van der Waals surface area (Å²) in [6.45, 7) is 0.261. The average Bonchev–Trinajstić information content (AvgIpc) is 3.14. The van der Waals surface area contributed by atoms with Crippen molar-refractivity contribution in [1.82, 2.24) is 15.5 Å². The van der Waals surface area contributed by atoms with Gasteiger partial charge in [-0.05, 0) is 54.5 Å². The molecule has 1 aliphatic carbocycles. The van der Waals surface area contributed by atoms with Gasteiger partial charge in [0.1, 0.15) is 12.1 Å². The topological polar surface area (TPSA) is 81.8 Å². The number of fused-ring (bicyclic) bond motifs is 2. The van der Waals surface area contributed by atoms with Gasteiger partial charge in [-0.25, -0.2) is 4.79 Å². The van der Waals surface area contributed by atoms with Crippen LogP contribution in [0.2, 0.25) is 0 Å². The Morgan fingerprint density at radius 1 is 1.00 bits per heavy atom. The van der Waals surface area contributed by atoms with Crippen LogP contribution in [0, 0.1) is 0 Å². The van der Waals surface area contributed by atoms with Gasteiger partial charge in [-0.3, -0.25) is 14.5 Å². The molecule has 3 aromatic carbocycles. The van der Waals surface area contributed by atoms with Crippen LogP contribution < -0.4 is 15.5 Å². The highest BCUT2D eigenvalue weighted by atomic mass is 16.2. The van der Waals surface area contributed by atoms with E-state index in [2.05, 4.69) is 15.5 Å². The second-order valence-corrected chi connectivity index (χ2v) is 9.91. The molecule has 1 unspecified atom stereocenters. The smallest absolute Gasteiger partial charge is 0.325 e. The van der Waals surface area contributed by atoms with E-state index < -0.39 is 11.6 Å². The highest BCUT2D eigenvalue weighted by Gasteiger charge is 2.54. The van der Waals surface area contributed by atoms with Gasteiger partial charge in [0.15, 0.2) is 0 Å². The Hall–Kier alpha value is -4.13. The second-order valence-electron chi connectivity index (χ2n) is 9.91. The molecule has 1 aliphatic heterocycles. The van der Waals surface area contributed by atoms with Crippen molar-refractivity contribution in [2.24, 2.45) is 0 Å². The zero-order valence-corrected chi connectivity index (χ0v) is 21.0. The molecule has 0 aromatic heterocycles. The molecular weight excluding hydrogens is 464 g/mol. The Balaban J connectivity index is 1.31. The Kier molecular flexibility index (Phi) is 6.95. The van der Waals surface area contributed by atoms with Gasteiger partial charge in [-0.1, -0.05) is 72.8 Å². The van der Waals surface area contributed by atoms with Crippen LogP contribution in [0.15, 0.2) is 84.9 Å². The van der Waals surface area contributed by atoms with Gasteiger partial charge in [0, 0.05) is 19.3 Å². The van der Waals surface area contributed by atoms with Crippen molar-refractivity contribution in [3.05, 3.63) is 102 Å². The third-order valence-electron chi connectivity index (χ3n) is 7.33. The van der Waals surface area contributed by atoms with Gasteiger partial charge in [0.25, 0.3) is 5.91 Å². The van der Waals surface area contributed by atoms with E-state index in [1.165, 1.54) is 0 Å². The van der Waals surface area contributed by atoms with Gasteiger partial charge < -0.3 is 15.5 Å². The number of hydrogen-bond acceptors (Lipinski definition) is 4. The molecule has 4 amide bonds. The molecule has 1 heterocycles. The van der Waals surface area contributed by atoms with Crippen molar-refractivity contribution in [1.29, 1.82) is 0 Å². The van der Waals surface area contributed by atoms with E-state index in [1.54, 1.807) is 0 Å². The second kappa shape index (κ2) is 10.5. The number of carbonyl (C=O) groups is 3. The van der Waals surface area contributed by atoms with Crippen molar-refractivity contribution in [3.63, 3.8) is 0 Å². The van der Waals surface area contributed by atoms with E-state index in [1.807, 2.05) is 92.0 Å². The van der Waals surface area contributed by atoms with Crippen molar-refractivity contribution in [2.45, 2.75) is 37.3 Å². The van der Waals surface area contributed by atoms with Crippen molar-refractivity contribution < 1.29 is 14.4 Å². The van der Waals surface area contributed by atoms with Crippen molar-refractivity contribution >= 4 is 23.5 Å². The van der Waals surface area contributed by atoms with E-state index in [0.717, 1.165) is 40.1 Å². The Bertz CT molecular complexity index is 1280. The monoisotopic (exact) mass is 496 g/mol. The van der Waals surface area contributed by atoms with Crippen LogP contribution in [-0.2, 0) is 28.0 Å². The molecule has 7 nitrogen and oxygen atoms in total. The van der Waals surface area contributed by atoms with Crippen molar-refractivity contribution in [2.75, 3.05) is 25.0 Å². The fraction of sp³-hybridized carbons (Fsp3) is 0.300. The highest BCUT2D eigenvalue weighted by Crippen LogP contribution is 2.39. The molecule has 0 radical (unpaired) electrons. The number of benzene rings is 3. The van der Waals surface area contributed by atoms with Crippen LogP contribution in [-0.4, -0.2) is 48.9 Å². The third kappa shape index (κ3) is 5.07.